The SMILES string of the molecule is CCCNC(=O)C(C)Nc1cc(NCCC)nc(CC)n1. The first-order valence-electron chi connectivity index (χ1n) is 7.76. The number of anilines is 2. The van der Waals surface area contributed by atoms with Crippen molar-refractivity contribution in [2.75, 3.05) is 23.7 Å². The van der Waals surface area contributed by atoms with Crippen LogP contribution in [0.4, 0.5) is 11.6 Å². The van der Waals surface area contributed by atoms with Crippen molar-refractivity contribution in [1.82, 2.24) is 15.3 Å². The molecule has 1 aromatic rings. The van der Waals surface area contributed by atoms with E-state index in [2.05, 4.69) is 32.8 Å². The van der Waals surface area contributed by atoms with Gasteiger partial charge in [-0.1, -0.05) is 20.8 Å². The minimum absolute atomic E-state index is 0.0171. The van der Waals surface area contributed by atoms with Crippen molar-refractivity contribution in [1.29, 1.82) is 0 Å². The zero-order valence-corrected chi connectivity index (χ0v) is 13.5. The first-order valence-corrected chi connectivity index (χ1v) is 7.76. The summed E-state index contributed by atoms with van der Waals surface area (Å²) in [4.78, 5) is 20.7. The van der Waals surface area contributed by atoms with Gasteiger partial charge in [-0.15, -0.1) is 0 Å². The van der Waals surface area contributed by atoms with Crippen molar-refractivity contribution in [3.05, 3.63) is 11.9 Å². The first-order chi connectivity index (χ1) is 10.1. The molecule has 1 rings (SSSR count). The van der Waals surface area contributed by atoms with Crippen LogP contribution in [0, 0.1) is 0 Å². The van der Waals surface area contributed by atoms with Gasteiger partial charge >= 0.3 is 0 Å². The summed E-state index contributed by atoms with van der Waals surface area (Å²) in [6, 6.07) is 1.52. The van der Waals surface area contributed by atoms with Crippen LogP contribution in [0.15, 0.2) is 6.07 Å². The summed E-state index contributed by atoms with van der Waals surface area (Å²) in [5, 5.41) is 9.26. The van der Waals surface area contributed by atoms with Crippen LogP contribution < -0.4 is 16.0 Å². The Kier molecular flexibility index (Phi) is 7.50. The molecule has 1 unspecified atom stereocenters. The molecule has 1 aromatic heterocycles. The Hall–Kier alpha value is -1.85. The van der Waals surface area contributed by atoms with E-state index < -0.39 is 0 Å². The fraction of sp³-hybridized carbons (Fsp3) is 0.667. The van der Waals surface area contributed by atoms with E-state index in [1.165, 1.54) is 0 Å². The fourth-order valence-electron chi connectivity index (χ4n) is 1.76. The second kappa shape index (κ2) is 9.15. The van der Waals surface area contributed by atoms with Gasteiger partial charge in [0, 0.05) is 25.6 Å². The number of nitrogens with zero attached hydrogens (tertiary/aromatic N) is 2. The fourth-order valence-corrected chi connectivity index (χ4v) is 1.76. The second-order valence-electron chi connectivity index (χ2n) is 4.99. The highest BCUT2D eigenvalue weighted by molar-refractivity contribution is 5.83. The highest BCUT2D eigenvalue weighted by Gasteiger charge is 2.13. The van der Waals surface area contributed by atoms with E-state index in [0.29, 0.717) is 12.4 Å². The van der Waals surface area contributed by atoms with Crippen LogP contribution in [0.2, 0.25) is 0 Å². The normalized spacial score (nSPS) is 11.8. The van der Waals surface area contributed by atoms with Crippen molar-refractivity contribution < 1.29 is 4.79 Å². The van der Waals surface area contributed by atoms with E-state index in [1.807, 2.05) is 26.8 Å². The molecule has 0 spiro atoms. The van der Waals surface area contributed by atoms with E-state index >= 15 is 0 Å². The topological polar surface area (TPSA) is 78.9 Å². The van der Waals surface area contributed by atoms with Crippen molar-refractivity contribution in [3.8, 4) is 0 Å². The lowest BCUT2D eigenvalue weighted by Crippen LogP contribution is -2.38. The number of nitrogens with one attached hydrogen (secondary N) is 3. The van der Waals surface area contributed by atoms with Gasteiger partial charge in [0.05, 0.1) is 0 Å². The highest BCUT2D eigenvalue weighted by atomic mass is 16.2. The van der Waals surface area contributed by atoms with E-state index in [9.17, 15) is 4.79 Å². The molecule has 6 nitrogen and oxygen atoms in total. The van der Waals surface area contributed by atoms with Crippen LogP contribution in [0.3, 0.4) is 0 Å². The van der Waals surface area contributed by atoms with Gasteiger partial charge in [0.25, 0.3) is 0 Å². The Balaban J connectivity index is 2.74. The summed E-state index contributed by atoms with van der Waals surface area (Å²) >= 11 is 0. The summed E-state index contributed by atoms with van der Waals surface area (Å²) < 4.78 is 0. The molecule has 0 aliphatic rings. The Morgan fingerprint density at radius 1 is 1.14 bits per heavy atom. The molecule has 0 aromatic carbocycles. The third-order valence-electron chi connectivity index (χ3n) is 2.95. The molecule has 3 N–H and O–H groups in total. The van der Waals surface area contributed by atoms with E-state index in [0.717, 1.165) is 37.4 Å². The van der Waals surface area contributed by atoms with Gasteiger partial charge in [0.1, 0.15) is 23.5 Å². The lowest BCUT2D eigenvalue weighted by molar-refractivity contribution is -0.121. The van der Waals surface area contributed by atoms with Crippen LogP contribution in [0.5, 0.6) is 0 Å². The molecule has 0 aliphatic heterocycles. The highest BCUT2D eigenvalue weighted by Crippen LogP contribution is 2.13. The minimum Gasteiger partial charge on any atom is -0.370 e. The molecule has 0 saturated heterocycles. The molecule has 21 heavy (non-hydrogen) atoms. The molecule has 118 valence electrons. The number of amides is 1. The third kappa shape index (κ3) is 5.97. The van der Waals surface area contributed by atoms with E-state index in [1.54, 1.807) is 0 Å². The Labute approximate surface area is 127 Å². The van der Waals surface area contributed by atoms with Crippen molar-refractivity contribution in [2.24, 2.45) is 0 Å². The number of carbonyl (C=O) groups is 1. The van der Waals surface area contributed by atoms with Crippen molar-refractivity contribution >= 4 is 17.5 Å². The Morgan fingerprint density at radius 2 is 1.81 bits per heavy atom. The molecule has 1 amide bonds. The maximum Gasteiger partial charge on any atom is 0.242 e. The Bertz CT molecular complexity index is 450. The predicted molar refractivity (Wildman–Crippen MR) is 86.6 cm³/mol. The summed E-state index contributed by atoms with van der Waals surface area (Å²) in [5.74, 6) is 2.23. The van der Waals surface area contributed by atoms with Crippen LogP contribution in [-0.4, -0.2) is 35.0 Å². The summed E-state index contributed by atoms with van der Waals surface area (Å²) in [7, 11) is 0. The number of carbonyl (C=O) groups excluding carboxylic acids is 1. The second-order valence-corrected chi connectivity index (χ2v) is 4.99. The number of aryl methyl sites for hydroxylation is 1. The van der Waals surface area contributed by atoms with Gasteiger partial charge in [0.15, 0.2) is 0 Å². The average Bonchev–Trinajstić information content (AvgIpc) is 2.50. The quantitative estimate of drug-likeness (QED) is 0.650. The lowest BCUT2D eigenvalue weighted by atomic mass is 10.3. The smallest absolute Gasteiger partial charge is 0.242 e. The van der Waals surface area contributed by atoms with E-state index in [4.69, 9.17) is 0 Å². The predicted octanol–water partition coefficient (Wildman–Crippen LogP) is 2.19. The summed E-state index contributed by atoms with van der Waals surface area (Å²) in [5.41, 5.74) is 0. The van der Waals surface area contributed by atoms with E-state index in [-0.39, 0.29) is 11.9 Å². The molecule has 0 aliphatic carbocycles. The molecular weight excluding hydrogens is 266 g/mol. The zero-order chi connectivity index (χ0) is 15.7. The van der Waals surface area contributed by atoms with Crippen LogP contribution in [0.25, 0.3) is 0 Å². The van der Waals surface area contributed by atoms with Crippen molar-refractivity contribution in [2.45, 2.75) is 53.0 Å². The number of hydrogen-bond donors (Lipinski definition) is 3. The molecule has 1 heterocycles. The van der Waals surface area contributed by atoms with Crippen LogP contribution in [0.1, 0.15) is 46.4 Å². The Morgan fingerprint density at radius 3 is 2.43 bits per heavy atom. The molecule has 6 heteroatoms. The standard InChI is InChI=1S/C15H27N5O/c1-5-8-16-13-10-14(20-12(7-3)19-13)18-11(4)15(21)17-9-6-2/h10-11H,5-9H2,1-4H3,(H,17,21)(H2,16,18,19,20). The van der Waals surface area contributed by atoms with Gasteiger partial charge in [-0.3, -0.25) is 4.79 Å². The number of rotatable bonds is 9. The van der Waals surface area contributed by atoms with Crippen LogP contribution >= 0.6 is 0 Å². The minimum atomic E-state index is -0.324. The number of hydrogen-bond acceptors (Lipinski definition) is 5. The van der Waals surface area contributed by atoms with Crippen LogP contribution in [-0.2, 0) is 11.2 Å². The van der Waals surface area contributed by atoms with Gasteiger partial charge < -0.3 is 16.0 Å². The molecular formula is C15H27N5O. The maximum atomic E-state index is 11.9. The summed E-state index contributed by atoms with van der Waals surface area (Å²) in [6.45, 7) is 9.54. The molecule has 0 bridgehead atoms. The third-order valence-corrected chi connectivity index (χ3v) is 2.95. The van der Waals surface area contributed by atoms with Gasteiger partial charge in [-0.25, -0.2) is 9.97 Å². The van der Waals surface area contributed by atoms with Gasteiger partial charge in [0.2, 0.25) is 5.91 Å². The molecule has 0 fully saturated rings. The lowest BCUT2D eigenvalue weighted by Gasteiger charge is -2.16. The number of aromatic nitrogens is 2. The average molecular weight is 293 g/mol. The maximum absolute atomic E-state index is 11.9. The molecule has 0 radical (unpaired) electrons. The van der Waals surface area contributed by atoms with Gasteiger partial charge in [-0.05, 0) is 19.8 Å². The monoisotopic (exact) mass is 293 g/mol. The molecule has 1 atom stereocenters. The largest absolute Gasteiger partial charge is 0.370 e. The van der Waals surface area contributed by atoms with Crippen molar-refractivity contribution in [3.63, 3.8) is 0 Å². The molecule has 0 saturated carbocycles. The zero-order valence-electron chi connectivity index (χ0n) is 13.5. The van der Waals surface area contributed by atoms with Gasteiger partial charge in [-0.2, -0.15) is 0 Å². The first kappa shape index (κ1) is 17.2. The summed E-state index contributed by atoms with van der Waals surface area (Å²) in [6.07, 6.45) is 2.72.